The van der Waals surface area contributed by atoms with Crippen LogP contribution in [0.3, 0.4) is 0 Å². The highest BCUT2D eigenvalue weighted by Crippen LogP contribution is 2.32. The first kappa shape index (κ1) is 24.2. The van der Waals surface area contributed by atoms with E-state index in [1.165, 1.54) is 30.6 Å². The molecule has 0 saturated carbocycles. The number of anilines is 1. The second kappa shape index (κ2) is 10.1. The monoisotopic (exact) mass is 497 g/mol. The number of methoxy groups -OCH3 is 1. The molecule has 0 aliphatic rings. The maximum atomic E-state index is 13.4. The number of hydrogen-bond acceptors (Lipinski definition) is 7. The summed E-state index contributed by atoms with van der Waals surface area (Å²) in [7, 11) is 1.78. The predicted octanol–water partition coefficient (Wildman–Crippen LogP) is 3.88. The maximum Gasteiger partial charge on any atom is 0.240 e. The zero-order chi connectivity index (χ0) is 24.3. The fourth-order valence-electron chi connectivity index (χ4n) is 3.67. The van der Waals surface area contributed by atoms with Crippen LogP contribution in [0.25, 0.3) is 20.2 Å². The molecule has 1 aromatic heterocycles. The van der Waals surface area contributed by atoms with Crippen molar-refractivity contribution in [2.75, 3.05) is 39.6 Å². The van der Waals surface area contributed by atoms with Gasteiger partial charge in [0.1, 0.15) is 5.75 Å². The van der Waals surface area contributed by atoms with Gasteiger partial charge in [-0.25, -0.2) is 13.1 Å². The van der Waals surface area contributed by atoms with E-state index in [1.54, 1.807) is 12.1 Å². The molecule has 0 amide bonds. The first-order valence-corrected chi connectivity index (χ1v) is 13.1. The molecule has 0 atom stereocenters. The van der Waals surface area contributed by atoms with Gasteiger partial charge in [-0.05, 0) is 62.1 Å². The van der Waals surface area contributed by atoms with E-state index < -0.39 is 10.0 Å². The highest BCUT2D eigenvalue weighted by Gasteiger charge is 2.17. The Morgan fingerprint density at radius 2 is 1.74 bits per heavy atom. The number of nitrogens with zero attached hydrogens (tertiary/aromatic N) is 1. The summed E-state index contributed by atoms with van der Waals surface area (Å²) in [5.41, 5.74) is 1.44. The zero-order valence-corrected chi connectivity index (χ0v) is 20.9. The number of nitrogens with one attached hydrogen (secondary N) is 2. The fraction of sp³-hybridized carbons (Fsp3) is 0.240. The molecule has 0 saturated heterocycles. The number of sulfonamides is 1. The predicted molar refractivity (Wildman–Crippen MR) is 140 cm³/mol. The van der Waals surface area contributed by atoms with Gasteiger partial charge in [0.05, 0.1) is 17.4 Å². The third kappa shape index (κ3) is 5.07. The lowest BCUT2D eigenvalue weighted by Gasteiger charge is -2.15. The van der Waals surface area contributed by atoms with Gasteiger partial charge in [-0.1, -0.05) is 18.2 Å². The van der Waals surface area contributed by atoms with E-state index in [4.69, 9.17) is 4.74 Å². The number of benzene rings is 3. The van der Waals surface area contributed by atoms with E-state index in [-0.39, 0.29) is 16.9 Å². The van der Waals surface area contributed by atoms with Gasteiger partial charge >= 0.3 is 0 Å². The van der Waals surface area contributed by atoms with Gasteiger partial charge in [0.2, 0.25) is 10.0 Å². The van der Waals surface area contributed by atoms with E-state index in [0.717, 1.165) is 27.2 Å². The number of ether oxygens (including phenoxy) is 1. The van der Waals surface area contributed by atoms with Crippen molar-refractivity contribution >= 4 is 47.2 Å². The smallest absolute Gasteiger partial charge is 0.240 e. The molecule has 0 radical (unpaired) electrons. The van der Waals surface area contributed by atoms with Crippen molar-refractivity contribution in [1.29, 1.82) is 0 Å². The van der Waals surface area contributed by atoms with Crippen molar-refractivity contribution in [3.8, 4) is 5.75 Å². The summed E-state index contributed by atoms with van der Waals surface area (Å²) in [6.45, 7) is 1.57. The normalized spacial score (nSPS) is 11.9. The second-order valence-corrected chi connectivity index (χ2v) is 11.0. The number of hydrogen-bond donors (Lipinski definition) is 2. The Balaban J connectivity index is 1.73. The molecular formula is C25H27N3O4S2. The Morgan fingerprint density at radius 3 is 2.44 bits per heavy atom. The lowest BCUT2D eigenvalue weighted by molar-refractivity contribution is 0.414. The number of likely N-dealkylation sites (N-methyl/N-ethyl adjacent to an activating group) is 1. The Morgan fingerprint density at radius 1 is 1.00 bits per heavy atom. The molecule has 0 bridgehead atoms. The van der Waals surface area contributed by atoms with Crippen molar-refractivity contribution in [2.45, 2.75) is 11.4 Å². The molecule has 9 heteroatoms. The van der Waals surface area contributed by atoms with E-state index in [2.05, 4.69) is 14.9 Å². The van der Waals surface area contributed by atoms with Crippen LogP contribution < -0.4 is 20.2 Å². The quantitative estimate of drug-likeness (QED) is 0.341. The molecular weight excluding hydrogens is 470 g/mol. The van der Waals surface area contributed by atoms with Crippen molar-refractivity contribution in [3.05, 3.63) is 76.5 Å². The SMILES string of the molecule is COc1ccc(S(=O)(=O)NCc2ccc(NCCN(C)C)c3c(=O)c4ccccc4sc23)cc1. The van der Waals surface area contributed by atoms with Crippen LogP contribution in [-0.4, -0.2) is 47.6 Å². The van der Waals surface area contributed by atoms with Crippen LogP contribution in [0.2, 0.25) is 0 Å². The van der Waals surface area contributed by atoms with Crippen LogP contribution in [0.1, 0.15) is 5.56 Å². The summed E-state index contributed by atoms with van der Waals surface area (Å²) in [5.74, 6) is 0.582. The number of fused-ring (bicyclic) bond motifs is 2. The summed E-state index contributed by atoms with van der Waals surface area (Å²) in [5, 5.41) is 4.62. The van der Waals surface area contributed by atoms with Crippen molar-refractivity contribution in [3.63, 3.8) is 0 Å². The van der Waals surface area contributed by atoms with Gasteiger partial charge in [-0.2, -0.15) is 0 Å². The fourth-order valence-corrected chi connectivity index (χ4v) is 5.89. The molecule has 3 aromatic carbocycles. The molecule has 4 rings (SSSR count). The van der Waals surface area contributed by atoms with Gasteiger partial charge in [0, 0.05) is 40.1 Å². The molecule has 178 valence electrons. The van der Waals surface area contributed by atoms with Crippen molar-refractivity contribution in [2.24, 2.45) is 0 Å². The third-order valence-electron chi connectivity index (χ3n) is 5.51. The topological polar surface area (TPSA) is 87.7 Å². The van der Waals surface area contributed by atoms with Gasteiger partial charge < -0.3 is 15.0 Å². The maximum absolute atomic E-state index is 13.4. The molecule has 4 aromatic rings. The lowest BCUT2D eigenvalue weighted by atomic mass is 10.1. The Hall–Kier alpha value is -2.98. The summed E-state index contributed by atoms with van der Waals surface area (Å²) in [6.07, 6.45) is 0. The van der Waals surface area contributed by atoms with E-state index in [0.29, 0.717) is 23.1 Å². The highest BCUT2D eigenvalue weighted by atomic mass is 32.2. The average Bonchev–Trinajstić information content (AvgIpc) is 2.83. The van der Waals surface area contributed by atoms with Crippen LogP contribution in [0.15, 0.2) is 70.4 Å². The summed E-state index contributed by atoms with van der Waals surface area (Å²) >= 11 is 1.50. The summed E-state index contributed by atoms with van der Waals surface area (Å²) < 4.78 is 35.2. The summed E-state index contributed by atoms with van der Waals surface area (Å²) in [6, 6.07) is 17.5. The molecule has 0 aliphatic carbocycles. The molecule has 0 aliphatic heterocycles. The van der Waals surface area contributed by atoms with E-state index in [9.17, 15) is 13.2 Å². The lowest BCUT2D eigenvalue weighted by Crippen LogP contribution is -2.24. The minimum absolute atomic E-state index is 0.0587. The minimum atomic E-state index is -3.74. The Labute approximate surface area is 203 Å². The molecule has 2 N–H and O–H groups in total. The average molecular weight is 498 g/mol. The van der Waals surface area contributed by atoms with Crippen LogP contribution in [0.5, 0.6) is 5.75 Å². The third-order valence-corrected chi connectivity index (χ3v) is 8.17. The largest absolute Gasteiger partial charge is 0.497 e. The van der Waals surface area contributed by atoms with Crippen LogP contribution in [-0.2, 0) is 16.6 Å². The van der Waals surface area contributed by atoms with Gasteiger partial charge in [-0.3, -0.25) is 4.79 Å². The van der Waals surface area contributed by atoms with Crippen molar-refractivity contribution in [1.82, 2.24) is 9.62 Å². The van der Waals surface area contributed by atoms with Crippen LogP contribution in [0.4, 0.5) is 5.69 Å². The molecule has 34 heavy (non-hydrogen) atoms. The molecule has 0 fully saturated rings. The molecule has 7 nitrogen and oxygen atoms in total. The van der Waals surface area contributed by atoms with Gasteiger partial charge in [0.15, 0.2) is 5.43 Å². The highest BCUT2D eigenvalue weighted by molar-refractivity contribution is 7.89. The first-order chi connectivity index (χ1) is 16.3. The Kier molecular flexibility index (Phi) is 7.18. The standard InChI is InChI=1S/C25H27N3O4S2/c1-28(2)15-14-26-21-13-8-17(16-27-34(30,31)19-11-9-18(32-3)10-12-19)25-23(21)24(29)20-6-4-5-7-22(20)33-25/h4-13,26-27H,14-16H2,1-3H3. The van der Waals surface area contributed by atoms with Gasteiger partial charge in [0.25, 0.3) is 0 Å². The molecule has 0 unspecified atom stereocenters. The molecule has 1 heterocycles. The number of rotatable bonds is 9. The zero-order valence-electron chi connectivity index (χ0n) is 19.3. The first-order valence-electron chi connectivity index (χ1n) is 10.8. The van der Waals surface area contributed by atoms with Gasteiger partial charge in [-0.15, -0.1) is 11.3 Å². The van der Waals surface area contributed by atoms with Crippen molar-refractivity contribution < 1.29 is 13.2 Å². The van der Waals surface area contributed by atoms with Crippen LogP contribution in [0, 0.1) is 0 Å². The Bertz CT molecular complexity index is 1480. The van der Waals surface area contributed by atoms with Crippen LogP contribution >= 0.6 is 11.3 Å². The minimum Gasteiger partial charge on any atom is -0.497 e. The summed E-state index contributed by atoms with van der Waals surface area (Å²) in [4.78, 5) is 15.7. The second-order valence-electron chi connectivity index (χ2n) is 8.13. The van der Waals surface area contributed by atoms with E-state index >= 15 is 0 Å². The molecule has 0 spiro atoms. The van der Waals surface area contributed by atoms with E-state index in [1.807, 2.05) is 50.5 Å².